The van der Waals surface area contributed by atoms with E-state index in [4.69, 9.17) is 0 Å². The lowest BCUT2D eigenvalue weighted by atomic mass is 10.1. The maximum absolute atomic E-state index is 13.9. The molecule has 3 rings (SSSR count). The van der Waals surface area contributed by atoms with E-state index in [1.807, 2.05) is 0 Å². The monoisotopic (exact) mass is 350 g/mol. The van der Waals surface area contributed by atoms with Crippen LogP contribution >= 0.6 is 0 Å². The molecule has 0 atom stereocenters. The van der Waals surface area contributed by atoms with E-state index in [9.17, 15) is 17.6 Å². The van der Waals surface area contributed by atoms with Crippen molar-refractivity contribution in [2.24, 2.45) is 0 Å². The average Bonchev–Trinajstić information content (AvgIpc) is 2.60. The molecule has 0 spiro atoms. The van der Waals surface area contributed by atoms with Crippen LogP contribution in [0.4, 0.5) is 17.6 Å². The van der Waals surface area contributed by atoms with Crippen LogP contribution in [0.2, 0.25) is 0 Å². The van der Waals surface area contributed by atoms with E-state index >= 15 is 0 Å². The lowest BCUT2D eigenvalue weighted by Crippen LogP contribution is -2.19. The molecule has 2 heterocycles. The molecule has 5 nitrogen and oxygen atoms in total. The highest BCUT2D eigenvalue weighted by Crippen LogP contribution is 2.23. The van der Waals surface area contributed by atoms with Crippen LogP contribution in [0.25, 0.3) is 22.6 Å². The first-order valence-corrected chi connectivity index (χ1v) is 7.01. The van der Waals surface area contributed by atoms with Crippen molar-refractivity contribution in [3.63, 3.8) is 0 Å². The fraction of sp³-hybridized carbons (Fsp3) is 0.125. The van der Waals surface area contributed by atoms with Gasteiger partial charge in [-0.25, -0.2) is 14.4 Å². The zero-order valence-electron chi connectivity index (χ0n) is 12.5. The van der Waals surface area contributed by atoms with Gasteiger partial charge < -0.3 is 4.74 Å². The number of alkyl halides is 3. The van der Waals surface area contributed by atoms with E-state index in [0.29, 0.717) is 0 Å². The number of ether oxygens (including phenoxy) is 1. The quantitative estimate of drug-likeness (QED) is 0.672. The van der Waals surface area contributed by atoms with Crippen molar-refractivity contribution in [2.45, 2.75) is 6.18 Å². The first-order chi connectivity index (χ1) is 11.9. The van der Waals surface area contributed by atoms with Gasteiger partial charge in [0.1, 0.15) is 17.2 Å². The highest BCUT2D eigenvalue weighted by molar-refractivity contribution is 5.63. The van der Waals surface area contributed by atoms with Gasteiger partial charge in [-0.2, -0.15) is 13.2 Å². The summed E-state index contributed by atoms with van der Waals surface area (Å²) in [4.78, 5) is 15.9. The van der Waals surface area contributed by atoms with Crippen molar-refractivity contribution in [3.8, 4) is 28.5 Å². The van der Waals surface area contributed by atoms with E-state index in [2.05, 4.69) is 24.7 Å². The first-order valence-electron chi connectivity index (χ1n) is 7.01. The van der Waals surface area contributed by atoms with Crippen molar-refractivity contribution >= 4 is 0 Å². The minimum Gasteiger partial charge on any atom is -0.467 e. The highest BCUT2D eigenvalue weighted by Gasteiger charge is 2.28. The van der Waals surface area contributed by atoms with E-state index in [-0.39, 0.29) is 28.5 Å². The summed E-state index contributed by atoms with van der Waals surface area (Å²) in [6, 6.07) is 6.02. The molecule has 25 heavy (non-hydrogen) atoms. The molecule has 0 bridgehead atoms. The molecule has 0 saturated heterocycles. The first kappa shape index (κ1) is 16.7. The van der Waals surface area contributed by atoms with E-state index in [1.165, 1.54) is 30.7 Å². The molecular formula is C16H10F4N4O. The van der Waals surface area contributed by atoms with Gasteiger partial charge in [0.25, 0.3) is 0 Å². The summed E-state index contributed by atoms with van der Waals surface area (Å²) in [6.45, 7) is -1.48. The Morgan fingerprint density at radius 2 is 1.48 bits per heavy atom. The predicted molar refractivity (Wildman–Crippen MR) is 80.0 cm³/mol. The lowest BCUT2D eigenvalue weighted by Gasteiger charge is -2.09. The number of rotatable bonds is 4. The van der Waals surface area contributed by atoms with Gasteiger partial charge in [0, 0.05) is 5.56 Å². The minimum atomic E-state index is -4.48. The summed E-state index contributed by atoms with van der Waals surface area (Å²) in [5.74, 6) is -0.768. The second-order valence-electron chi connectivity index (χ2n) is 4.92. The third-order valence-corrected chi connectivity index (χ3v) is 3.04. The number of hydrogen-bond donors (Lipinski definition) is 0. The Bertz CT molecular complexity index is 886. The molecule has 0 saturated carbocycles. The fourth-order valence-electron chi connectivity index (χ4n) is 1.98. The van der Waals surface area contributed by atoms with Gasteiger partial charge in [-0.1, -0.05) is 12.1 Å². The van der Waals surface area contributed by atoms with Gasteiger partial charge in [0.2, 0.25) is 5.88 Å². The molecule has 0 aliphatic heterocycles. The van der Waals surface area contributed by atoms with Crippen molar-refractivity contribution in [1.29, 1.82) is 0 Å². The van der Waals surface area contributed by atoms with E-state index in [1.54, 1.807) is 12.1 Å². The van der Waals surface area contributed by atoms with Crippen molar-refractivity contribution in [2.75, 3.05) is 6.61 Å². The molecule has 2 aromatic heterocycles. The van der Waals surface area contributed by atoms with Gasteiger partial charge in [-0.05, 0) is 12.1 Å². The number of benzene rings is 1. The fourth-order valence-corrected chi connectivity index (χ4v) is 1.98. The van der Waals surface area contributed by atoms with E-state index < -0.39 is 18.6 Å². The molecule has 0 N–H and O–H groups in total. The molecule has 0 aliphatic carbocycles. The van der Waals surface area contributed by atoms with Crippen LogP contribution in [0.1, 0.15) is 0 Å². The van der Waals surface area contributed by atoms with Crippen molar-refractivity contribution in [3.05, 3.63) is 54.9 Å². The van der Waals surface area contributed by atoms with Crippen molar-refractivity contribution in [1.82, 2.24) is 19.9 Å². The normalized spacial score (nSPS) is 11.4. The second-order valence-corrected chi connectivity index (χ2v) is 4.92. The Labute approximate surface area is 139 Å². The Kier molecular flexibility index (Phi) is 4.55. The van der Waals surface area contributed by atoms with Crippen LogP contribution in [0, 0.1) is 5.82 Å². The van der Waals surface area contributed by atoms with Gasteiger partial charge in [0.05, 0.1) is 30.5 Å². The van der Waals surface area contributed by atoms with Crippen molar-refractivity contribution < 1.29 is 22.3 Å². The highest BCUT2D eigenvalue weighted by atomic mass is 19.4. The standard InChI is InChI=1S/C16H10F4N4O/c17-11-4-2-1-3-10(11)12-5-21-6-13(23-12)14-7-22-8-15(24-14)25-9-16(18,19)20/h1-8H,9H2. The molecule has 128 valence electrons. The summed E-state index contributed by atoms with van der Waals surface area (Å²) < 4.78 is 55.1. The molecule has 1 aromatic carbocycles. The summed E-state index contributed by atoms with van der Waals surface area (Å²) in [5, 5.41) is 0. The number of halogens is 4. The second kappa shape index (κ2) is 6.80. The zero-order chi connectivity index (χ0) is 17.9. The van der Waals surface area contributed by atoms with Gasteiger partial charge >= 0.3 is 6.18 Å². The molecule has 3 aromatic rings. The predicted octanol–water partition coefficient (Wildman–Crippen LogP) is 3.68. The topological polar surface area (TPSA) is 60.8 Å². The Balaban J connectivity index is 1.90. The minimum absolute atomic E-state index is 0.158. The molecule has 9 heteroatoms. The molecule has 0 radical (unpaired) electrons. The molecule has 0 unspecified atom stereocenters. The van der Waals surface area contributed by atoms with E-state index in [0.717, 1.165) is 6.20 Å². The molecule has 0 amide bonds. The summed E-state index contributed by atoms with van der Waals surface area (Å²) in [7, 11) is 0. The third-order valence-electron chi connectivity index (χ3n) is 3.04. The number of hydrogen-bond acceptors (Lipinski definition) is 5. The Morgan fingerprint density at radius 3 is 2.20 bits per heavy atom. The van der Waals surface area contributed by atoms with Crippen LogP contribution in [-0.4, -0.2) is 32.7 Å². The smallest absolute Gasteiger partial charge is 0.422 e. The van der Waals surface area contributed by atoms with Crippen LogP contribution in [0.5, 0.6) is 5.88 Å². The third kappa shape index (κ3) is 4.25. The average molecular weight is 350 g/mol. The summed E-state index contributed by atoms with van der Waals surface area (Å²) in [5.41, 5.74) is 0.893. The number of aromatic nitrogens is 4. The van der Waals surface area contributed by atoms with Gasteiger partial charge in [-0.3, -0.25) is 9.97 Å². The SMILES string of the molecule is Fc1ccccc1-c1cncc(-c2cncc(OCC(F)(F)F)n2)n1. The van der Waals surface area contributed by atoms with Gasteiger partial charge in [0.15, 0.2) is 6.61 Å². The number of nitrogens with zero attached hydrogens (tertiary/aromatic N) is 4. The summed E-state index contributed by atoms with van der Waals surface area (Å²) in [6.07, 6.45) is 0.600. The summed E-state index contributed by atoms with van der Waals surface area (Å²) >= 11 is 0. The maximum atomic E-state index is 13.9. The largest absolute Gasteiger partial charge is 0.467 e. The van der Waals surface area contributed by atoms with Gasteiger partial charge in [-0.15, -0.1) is 0 Å². The molecule has 0 aliphatic rings. The molecular weight excluding hydrogens is 340 g/mol. The van der Waals surface area contributed by atoms with Crippen LogP contribution in [-0.2, 0) is 0 Å². The molecule has 0 fully saturated rings. The Hall–Kier alpha value is -3.10. The van der Waals surface area contributed by atoms with Crippen LogP contribution in [0.15, 0.2) is 49.1 Å². The lowest BCUT2D eigenvalue weighted by molar-refractivity contribution is -0.154. The van der Waals surface area contributed by atoms with Crippen LogP contribution in [0.3, 0.4) is 0 Å². The Morgan fingerprint density at radius 1 is 0.840 bits per heavy atom. The van der Waals surface area contributed by atoms with Crippen LogP contribution < -0.4 is 4.74 Å². The maximum Gasteiger partial charge on any atom is 0.422 e. The zero-order valence-corrected chi connectivity index (χ0v) is 12.5.